The van der Waals surface area contributed by atoms with Crippen molar-refractivity contribution in [3.63, 3.8) is 0 Å². The number of carbonyl (C=O) groups excluding carboxylic acids is 1. The van der Waals surface area contributed by atoms with E-state index in [2.05, 4.69) is 15.4 Å². The van der Waals surface area contributed by atoms with Crippen molar-refractivity contribution >= 4 is 5.91 Å². The van der Waals surface area contributed by atoms with Crippen molar-refractivity contribution in [3.05, 3.63) is 83.9 Å². The van der Waals surface area contributed by atoms with E-state index in [1.165, 1.54) is 6.33 Å². The van der Waals surface area contributed by atoms with E-state index in [0.29, 0.717) is 12.1 Å². The molecule has 1 amide bonds. The minimum Gasteiger partial charge on any atom is -0.394 e. The van der Waals surface area contributed by atoms with Gasteiger partial charge >= 0.3 is 0 Å². The number of nitrogens with one attached hydrogen (secondary N) is 1. The van der Waals surface area contributed by atoms with Crippen LogP contribution in [0.1, 0.15) is 27.5 Å². The molecule has 0 radical (unpaired) electrons. The average Bonchev–Trinajstić information content (AvgIpc) is 3.14. The molecule has 1 aromatic heterocycles. The number of aromatic nitrogens is 3. The van der Waals surface area contributed by atoms with Gasteiger partial charge in [-0.1, -0.05) is 48.5 Å². The number of aliphatic hydroxyl groups excluding tert-OH is 1. The second kappa shape index (κ2) is 7.52. The van der Waals surface area contributed by atoms with Gasteiger partial charge in [0.2, 0.25) is 0 Å². The maximum atomic E-state index is 12.7. The van der Waals surface area contributed by atoms with Gasteiger partial charge < -0.3 is 10.4 Å². The highest BCUT2D eigenvalue weighted by Crippen LogP contribution is 2.15. The molecule has 0 bridgehead atoms. The molecule has 1 heterocycles. The fourth-order valence-electron chi connectivity index (χ4n) is 2.52. The summed E-state index contributed by atoms with van der Waals surface area (Å²) in [6, 6.07) is 16.3. The van der Waals surface area contributed by atoms with E-state index >= 15 is 0 Å². The smallest absolute Gasteiger partial charge is 0.252 e. The summed E-state index contributed by atoms with van der Waals surface area (Å²) in [6.45, 7) is 0.291. The van der Waals surface area contributed by atoms with Crippen molar-refractivity contribution in [1.82, 2.24) is 20.1 Å². The molecule has 6 heteroatoms. The van der Waals surface area contributed by atoms with Crippen molar-refractivity contribution in [1.29, 1.82) is 0 Å². The Bertz CT molecular complexity index is 788. The van der Waals surface area contributed by atoms with E-state index in [4.69, 9.17) is 0 Å². The molecule has 1 atom stereocenters. The zero-order chi connectivity index (χ0) is 16.8. The largest absolute Gasteiger partial charge is 0.394 e. The summed E-state index contributed by atoms with van der Waals surface area (Å²) in [7, 11) is 0. The van der Waals surface area contributed by atoms with Crippen LogP contribution in [-0.2, 0) is 6.54 Å². The van der Waals surface area contributed by atoms with E-state index in [1.54, 1.807) is 17.1 Å². The van der Waals surface area contributed by atoms with E-state index in [1.807, 2.05) is 48.5 Å². The molecule has 24 heavy (non-hydrogen) atoms. The fraction of sp³-hybridized carbons (Fsp3) is 0.167. The molecule has 0 aliphatic carbocycles. The second-order valence-corrected chi connectivity index (χ2v) is 5.37. The van der Waals surface area contributed by atoms with Crippen LogP contribution in [0.15, 0.2) is 67.3 Å². The summed E-state index contributed by atoms with van der Waals surface area (Å²) in [5.41, 5.74) is 2.26. The SMILES string of the molecule is O=C(N[C@H](CO)c1ccccc1)c1ccccc1Cn1cncn1. The number of rotatable bonds is 6. The summed E-state index contributed by atoms with van der Waals surface area (Å²) < 4.78 is 1.66. The lowest BCUT2D eigenvalue weighted by atomic mass is 10.0. The monoisotopic (exact) mass is 322 g/mol. The maximum Gasteiger partial charge on any atom is 0.252 e. The molecule has 0 fully saturated rings. The summed E-state index contributed by atoms with van der Waals surface area (Å²) >= 11 is 0. The third kappa shape index (κ3) is 3.67. The fourth-order valence-corrected chi connectivity index (χ4v) is 2.52. The number of hydrogen-bond donors (Lipinski definition) is 2. The Morgan fingerprint density at radius 2 is 1.88 bits per heavy atom. The Kier molecular flexibility index (Phi) is 4.98. The third-order valence-corrected chi connectivity index (χ3v) is 3.75. The van der Waals surface area contributed by atoms with Gasteiger partial charge in [-0.3, -0.25) is 4.79 Å². The summed E-state index contributed by atoms with van der Waals surface area (Å²) in [5, 5.41) is 16.6. The lowest BCUT2D eigenvalue weighted by Gasteiger charge is -2.18. The molecule has 0 unspecified atom stereocenters. The minimum atomic E-state index is -0.446. The zero-order valence-corrected chi connectivity index (χ0v) is 13.0. The topological polar surface area (TPSA) is 80.0 Å². The lowest BCUT2D eigenvalue weighted by Crippen LogP contribution is -2.31. The van der Waals surface area contributed by atoms with Crippen LogP contribution in [-0.4, -0.2) is 32.4 Å². The molecule has 6 nitrogen and oxygen atoms in total. The van der Waals surface area contributed by atoms with Gasteiger partial charge in [-0.05, 0) is 17.2 Å². The van der Waals surface area contributed by atoms with Crippen LogP contribution in [0.2, 0.25) is 0 Å². The molecule has 0 spiro atoms. The molecular formula is C18H18N4O2. The van der Waals surface area contributed by atoms with Gasteiger partial charge in [-0.2, -0.15) is 5.10 Å². The van der Waals surface area contributed by atoms with Gasteiger partial charge in [0.1, 0.15) is 12.7 Å². The molecule has 0 saturated heterocycles. The van der Waals surface area contributed by atoms with Crippen molar-refractivity contribution in [2.24, 2.45) is 0 Å². The highest BCUT2D eigenvalue weighted by atomic mass is 16.3. The van der Waals surface area contributed by atoms with Gasteiger partial charge in [0.15, 0.2) is 0 Å². The minimum absolute atomic E-state index is 0.166. The number of hydrogen-bond acceptors (Lipinski definition) is 4. The summed E-state index contributed by atoms with van der Waals surface area (Å²) in [5.74, 6) is -0.228. The zero-order valence-electron chi connectivity index (χ0n) is 13.0. The molecule has 0 aliphatic heterocycles. The molecule has 0 saturated carbocycles. The van der Waals surface area contributed by atoms with Crippen molar-refractivity contribution in [2.75, 3.05) is 6.61 Å². The predicted octanol–water partition coefficient (Wildman–Crippen LogP) is 1.79. The van der Waals surface area contributed by atoms with E-state index < -0.39 is 6.04 Å². The number of nitrogens with zero attached hydrogens (tertiary/aromatic N) is 3. The van der Waals surface area contributed by atoms with Crippen LogP contribution in [0, 0.1) is 0 Å². The van der Waals surface area contributed by atoms with E-state index in [-0.39, 0.29) is 12.5 Å². The Morgan fingerprint density at radius 3 is 2.58 bits per heavy atom. The van der Waals surface area contributed by atoms with Crippen LogP contribution < -0.4 is 5.32 Å². The maximum absolute atomic E-state index is 12.7. The van der Waals surface area contributed by atoms with Crippen molar-refractivity contribution in [3.8, 4) is 0 Å². The molecular weight excluding hydrogens is 304 g/mol. The number of benzene rings is 2. The Labute approximate surface area is 139 Å². The van der Waals surface area contributed by atoms with Crippen LogP contribution >= 0.6 is 0 Å². The summed E-state index contributed by atoms with van der Waals surface area (Å²) in [6.07, 6.45) is 3.06. The quantitative estimate of drug-likeness (QED) is 0.725. The molecule has 3 rings (SSSR count). The van der Waals surface area contributed by atoms with Gasteiger partial charge in [-0.15, -0.1) is 0 Å². The van der Waals surface area contributed by atoms with Crippen LogP contribution in [0.3, 0.4) is 0 Å². The first kappa shape index (κ1) is 15.9. The van der Waals surface area contributed by atoms with Gasteiger partial charge in [-0.25, -0.2) is 9.67 Å². The first-order valence-corrected chi connectivity index (χ1v) is 7.65. The Morgan fingerprint density at radius 1 is 1.12 bits per heavy atom. The van der Waals surface area contributed by atoms with Crippen LogP contribution in [0.4, 0.5) is 0 Å². The second-order valence-electron chi connectivity index (χ2n) is 5.37. The normalized spacial score (nSPS) is 11.9. The molecule has 0 aliphatic rings. The first-order chi connectivity index (χ1) is 11.8. The highest BCUT2D eigenvalue weighted by molar-refractivity contribution is 5.95. The third-order valence-electron chi connectivity index (χ3n) is 3.75. The van der Waals surface area contributed by atoms with Gasteiger partial charge in [0.25, 0.3) is 5.91 Å². The van der Waals surface area contributed by atoms with Gasteiger partial charge in [0.05, 0.1) is 19.2 Å². The Hall–Kier alpha value is -2.99. The average molecular weight is 322 g/mol. The van der Waals surface area contributed by atoms with E-state index in [0.717, 1.165) is 11.1 Å². The first-order valence-electron chi connectivity index (χ1n) is 7.65. The van der Waals surface area contributed by atoms with Crippen molar-refractivity contribution in [2.45, 2.75) is 12.6 Å². The Balaban J connectivity index is 1.79. The molecule has 3 aromatic rings. The molecule has 2 N–H and O–H groups in total. The van der Waals surface area contributed by atoms with Crippen LogP contribution in [0.25, 0.3) is 0 Å². The summed E-state index contributed by atoms with van der Waals surface area (Å²) in [4.78, 5) is 16.6. The van der Waals surface area contributed by atoms with Crippen LogP contribution in [0.5, 0.6) is 0 Å². The number of amides is 1. The van der Waals surface area contributed by atoms with E-state index in [9.17, 15) is 9.90 Å². The predicted molar refractivity (Wildman–Crippen MR) is 89.3 cm³/mol. The van der Waals surface area contributed by atoms with Gasteiger partial charge in [0, 0.05) is 5.56 Å². The highest BCUT2D eigenvalue weighted by Gasteiger charge is 2.17. The van der Waals surface area contributed by atoms with Crippen molar-refractivity contribution < 1.29 is 9.90 Å². The number of carbonyl (C=O) groups is 1. The number of aliphatic hydroxyl groups is 1. The lowest BCUT2D eigenvalue weighted by molar-refractivity contribution is 0.0915. The standard InChI is InChI=1S/C18H18N4O2/c23-11-17(14-6-2-1-3-7-14)21-18(24)16-9-5-4-8-15(16)10-22-13-19-12-20-22/h1-9,12-13,17,23H,10-11H2,(H,21,24)/t17-/m1/s1. The molecule has 2 aromatic carbocycles. The molecule has 122 valence electrons.